The molecule has 6 nitrogen and oxygen atoms in total. The molecule has 0 spiro atoms. The van der Waals surface area contributed by atoms with Crippen molar-refractivity contribution in [2.24, 2.45) is 0 Å². The third-order valence-corrected chi connectivity index (χ3v) is 8.38. The van der Waals surface area contributed by atoms with Gasteiger partial charge in [-0.1, -0.05) is 12.1 Å². The summed E-state index contributed by atoms with van der Waals surface area (Å²) >= 11 is 0. The third-order valence-electron chi connectivity index (χ3n) is 5.41. The van der Waals surface area contributed by atoms with Gasteiger partial charge in [-0.25, -0.2) is 14.4 Å². The maximum atomic E-state index is 14.8. The molecule has 1 aromatic carbocycles. The van der Waals surface area contributed by atoms with Crippen molar-refractivity contribution in [2.75, 3.05) is 30.7 Å². The van der Waals surface area contributed by atoms with Gasteiger partial charge in [-0.3, -0.25) is 4.98 Å². The van der Waals surface area contributed by atoms with Gasteiger partial charge in [0.25, 0.3) is 0 Å². The van der Waals surface area contributed by atoms with Crippen LogP contribution >= 0.6 is 7.14 Å². The lowest BCUT2D eigenvalue weighted by Crippen LogP contribution is -2.33. The minimum Gasteiger partial charge on any atom is -0.363 e. The Morgan fingerprint density at radius 3 is 2.66 bits per heavy atom. The quantitative estimate of drug-likeness (QED) is 0.440. The maximum Gasteiger partial charge on any atom is 0.419 e. The van der Waals surface area contributed by atoms with Gasteiger partial charge in [0, 0.05) is 36.4 Å². The van der Waals surface area contributed by atoms with Gasteiger partial charge in [0.1, 0.15) is 30.0 Å². The highest BCUT2D eigenvalue weighted by molar-refractivity contribution is 7.71. The van der Waals surface area contributed by atoms with Crippen LogP contribution in [0.1, 0.15) is 31.3 Å². The number of alkyl halides is 3. The highest BCUT2D eigenvalue weighted by Gasteiger charge is 2.35. The summed E-state index contributed by atoms with van der Waals surface area (Å²) in [6, 6.07) is 2.42. The fourth-order valence-electron chi connectivity index (χ4n) is 3.73. The van der Waals surface area contributed by atoms with Crippen LogP contribution in [0.25, 0.3) is 10.9 Å². The number of anilines is 1. The average Bonchev–Trinajstić information content (AvgIpc) is 2.73. The van der Waals surface area contributed by atoms with E-state index in [1.54, 1.807) is 13.0 Å². The van der Waals surface area contributed by atoms with Gasteiger partial charge < -0.3 is 15.2 Å². The van der Waals surface area contributed by atoms with Crippen molar-refractivity contribution in [3.05, 3.63) is 53.2 Å². The van der Waals surface area contributed by atoms with E-state index in [-0.39, 0.29) is 5.82 Å². The van der Waals surface area contributed by atoms with E-state index in [0.717, 1.165) is 12.1 Å². The first-order valence-corrected chi connectivity index (χ1v) is 12.1. The zero-order valence-electron chi connectivity index (χ0n) is 18.4. The Labute approximate surface area is 183 Å². The monoisotopic (exact) mass is 468 g/mol. The number of aromatic nitrogens is 3. The van der Waals surface area contributed by atoms with Gasteiger partial charge in [-0.2, -0.15) is 13.2 Å². The number of fused-ring (bicyclic) bond motifs is 1. The molecule has 1 fully saturated rings. The van der Waals surface area contributed by atoms with E-state index >= 15 is 0 Å². The first-order chi connectivity index (χ1) is 15.4. The van der Waals surface area contributed by atoms with E-state index in [4.69, 9.17) is 1.37 Å². The number of benzene rings is 1. The smallest absolute Gasteiger partial charge is 0.363 e. The van der Waals surface area contributed by atoms with Crippen molar-refractivity contribution >= 4 is 29.3 Å². The lowest BCUT2D eigenvalue weighted by molar-refractivity contribution is -0.140. The first-order valence-electron chi connectivity index (χ1n) is 10.5. The molecule has 3 aromatic rings. The molecule has 11 heteroatoms. The van der Waals surface area contributed by atoms with E-state index in [1.165, 1.54) is 13.1 Å². The van der Waals surface area contributed by atoms with Crippen LogP contribution < -0.4 is 16.1 Å². The van der Waals surface area contributed by atoms with Gasteiger partial charge in [-0.15, -0.1) is 0 Å². The fraction of sp³-hybridized carbons (Fsp3) is 0.381. The molecule has 2 N–H and O–H groups in total. The van der Waals surface area contributed by atoms with Crippen LogP contribution in [0, 0.1) is 12.7 Å². The molecule has 1 aliphatic heterocycles. The molecule has 1 saturated heterocycles. The number of hydrogen-bond acceptors (Lipinski definition) is 6. The van der Waals surface area contributed by atoms with E-state index < -0.39 is 36.3 Å². The number of halogens is 4. The van der Waals surface area contributed by atoms with Gasteiger partial charge in [0.05, 0.1) is 24.7 Å². The van der Waals surface area contributed by atoms with Crippen LogP contribution in [0.4, 0.5) is 23.4 Å². The minimum absolute atomic E-state index is 0.122. The number of hydrogen-bond donors (Lipinski definition) is 2. The predicted molar refractivity (Wildman–Crippen MR) is 115 cm³/mol. The van der Waals surface area contributed by atoms with E-state index in [2.05, 4.69) is 25.6 Å². The normalized spacial score (nSPS) is 18.8. The zero-order chi connectivity index (χ0) is 24.0. The highest BCUT2D eigenvalue weighted by Crippen LogP contribution is 2.44. The zero-order valence-corrected chi connectivity index (χ0v) is 18.3. The molecular weight excluding hydrogens is 445 g/mol. The lowest BCUT2D eigenvalue weighted by Gasteiger charge is -2.23. The van der Waals surface area contributed by atoms with Crippen LogP contribution in [-0.4, -0.2) is 40.4 Å². The molecule has 32 heavy (non-hydrogen) atoms. The van der Waals surface area contributed by atoms with Crippen molar-refractivity contribution in [1.82, 2.24) is 20.3 Å². The molecule has 0 amide bonds. The number of nitrogens with zero attached hydrogens (tertiary/aromatic N) is 3. The first kappa shape index (κ1) is 21.3. The van der Waals surface area contributed by atoms with Crippen LogP contribution in [0.3, 0.4) is 0 Å². The Morgan fingerprint density at radius 2 is 1.97 bits per heavy atom. The molecule has 0 radical (unpaired) electrons. The third kappa shape index (κ3) is 4.34. The molecule has 170 valence electrons. The molecule has 1 unspecified atom stereocenters. The van der Waals surface area contributed by atoms with Crippen molar-refractivity contribution in [1.29, 1.82) is 0 Å². The van der Waals surface area contributed by atoms with E-state index in [9.17, 15) is 22.1 Å². The minimum atomic E-state index is -4.89. The topological polar surface area (TPSA) is 79.8 Å². The Hall–Kier alpha value is -2.58. The van der Waals surface area contributed by atoms with Gasteiger partial charge in [0.2, 0.25) is 0 Å². The van der Waals surface area contributed by atoms with Crippen molar-refractivity contribution < 1.29 is 23.5 Å². The largest absolute Gasteiger partial charge is 0.419 e. The number of rotatable bonds is 4. The maximum absolute atomic E-state index is 14.8. The molecular formula is C21H22F4N5OP. The Kier molecular flexibility index (Phi) is 5.59. The summed E-state index contributed by atoms with van der Waals surface area (Å²) in [5, 5.41) is 6.32. The van der Waals surface area contributed by atoms with Gasteiger partial charge in [0.15, 0.2) is 0 Å². The molecule has 1 atom stereocenters. The van der Waals surface area contributed by atoms with Crippen molar-refractivity contribution in [3.63, 3.8) is 0 Å². The second-order valence-electron chi connectivity index (χ2n) is 7.68. The van der Waals surface area contributed by atoms with Gasteiger partial charge in [-0.05, 0) is 26.0 Å². The van der Waals surface area contributed by atoms with Crippen LogP contribution in [0.15, 0.2) is 30.5 Å². The van der Waals surface area contributed by atoms with E-state index in [0.29, 0.717) is 53.6 Å². The summed E-state index contributed by atoms with van der Waals surface area (Å²) in [5.74, 6) is -1.07. The summed E-state index contributed by atoms with van der Waals surface area (Å²) in [6.45, 7) is 4.06. The van der Waals surface area contributed by atoms with Crippen LogP contribution in [0.2, 0.25) is 0 Å². The second-order valence-corrected chi connectivity index (χ2v) is 10.8. The number of aryl methyl sites for hydroxylation is 1. The molecule has 1 aliphatic rings. The summed E-state index contributed by atoms with van der Waals surface area (Å²) in [7, 11) is -2.73. The molecule has 0 aliphatic carbocycles. The van der Waals surface area contributed by atoms with Gasteiger partial charge >= 0.3 is 6.18 Å². The SMILES string of the molecule is [2H]C(C)(Nc1nc(C)nc2cnc(P3(=O)CCNCC3)cc12)c1cccc(C(F)(F)F)c1F. The van der Waals surface area contributed by atoms with Crippen LogP contribution in [0.5, 0.6) is 0 Å². The molecule has 2 aromatic heterocycles. The van der Waals surface area contributed by atoms with Crippen molar-refractivity contribution in [2.45, 2.75) is 26.0 Å². The molecule has 0 saturated carbocycles. The summed E-state index contributed by atoms with van der Waals surface area (Å²) in [6.07, 6.45) is -2.52. The molecule has 4 rings (SSSR count). The Morgan fingerprint density at radius 1 is 1.25 bits per heavy atom. The summed E-state index contributed by atoms with van der Waals surface area (Å²) in [5.41, 5.74) is -1.11. The average molecular weight is 468 g/mol. The Bertz CT molecular complexity index is 1260. The fourth-order valence-corrected chi connectivity index (χ4v) is 6.08. The van der Waals surface area contributed by atoms with Crippen molar-refractivity contribution in [3.8, 4) is 0 Å². The van der Waals surface area contributed by atoms with Crippen LogP contribution in [-0.2, 0) is 10.7 Å². The second kappa shape index (κ2) is 8.41. The molecule has 0 bridgehead atoms. The Balaban J connectivity index is 1.80. The number of pyridine rings is 1. The summed E-state index contributed by atoms with van der Waals surface area (Å²) < 4.78 is 76.3. The standard InChI is InChI=1S/C21H22F4N5OP/c1-12(14-4-3-5-16(19(14)22)21(23,24)25)28-20-15-10-18(32(31)8-6-26-7-9-32)27-11-17(15)29-13(2)30-20/h3-5,10-12,26H,6-9H2,1-2H3,(H,28,29,30)/i12D. The summed E-state index contributed by atoms with van der Waals surface area (Å²) in [4.78, 5) is 13.0. The highest BCUT2D eigenvalue weighted by atomic mass is 31.2. The molecule has 3 heterocycles. The predicted octanol–water partition coefficient (Wildman–Crippen LogP) is 4.26. The number of nitrogens with one attached hydrogen (secondary N) is 2. The lowest BCUT2D eigenvalue weighted by atomic mass is 10.0. The van der Waals surface area contributed by atoms with E-state index in [1.807, 2.05) is 0 Å².